The lowest BCUT2D eigenvalue weighted by Gasteiger charge is -2.34. The van der Waals surface area contributed by atoms with Crippen molar-refractivity contribution in [1.29, 1.82) is 0 Å². The Hall–Kier alpha value is -0.870. The molecule has 1 N–H and O–H groups in total. The Balaban J connectivity index is 1.56. The van der Waals surface area contributed by atoms with Gasteiger partial charge in [0.2, 0.25) is 0 Å². The van der Waals surface area contributed by atoms with E-state index < -0.39 is 0 Å². The summed E-state index contributed by atoms with van der Waals surface area (Å²) in [5.74, 6) is 2.22. The molecule has 4 aliphatic rings. The quantitative estimate of drug-likeness (QED) is 0.905. The summed E-state index contributed by atoms with van der Waals surface area (Å²) in [6.45, 7) is 4.76. The van der Waals surface area contributed by atoms with Crippen LogP contribution >= 0.6 is 0 Å². The molecule has 4 heteroatoms. The molecule has 2 atom stereocenters. The summed E-state index contributed by atoms with van der Waals surface area (Å²) in [6, 6.07) is 1.51. The van der Waals surface area contributed by atoms with Crippen LogP contribution in [0.5, 0.6) is 0 Å². The van der Waals surface area contributed by atoms with Crippen molar-refractivity contribution in [3.05, 3.63) is 17.2 Å². The van der Waals surface area contributed by atoms with Crippen LogP contribution in [0.25, 0.3) is 0 Å². The molecule has 0 amide bonds. The van der Waals surface area contributed by atoms with Crippen LogP contribution in [0.2, 0.25) is 0 Å². The van der Waals surface area contributed by atoms with E-state index in [1.165, 1.54) is 69.6 Å². The number of aromatic nitrogens is 2. The summed E-state index contributed by atoms with van der Waals surface area (Å²) in [5, 5.41) is 3.50. The maximum Gasteiger partial charge on any atom is 0.112 e. The number of rotatable bonds is 2. The Morgan fingerprint density at radius 2 is 1.95 bits per heavy atom. The molecule has 0 bridgehead atoms. The maximum absolute atomic E-state index is 5.08. The molecule has 1 saturated carbocycles. The fourth-order valence-corrected chi connectivity index (χ4v) is 4.88. The zero-order chi connectivity index (χ0) is 13.8. The molecule has 1 aromatic heterocycles. The molecular formula is C17H26N4. The minimum atomic E-state index is 0.718. The average molecular weight is 286 g/mol. The van der Waals surface area contributed by atoms with Crippen LogP contribution in [0.15, 0.2) is 0 Å². The van der Waals surface area contributed by atoms with Crippen LogP contribution in [0.4, 0.5) is 0 Å². The number of hydrogen-bond donors (Lipinski definition) is 1. The lowest BCUT2D eigenvalue weighted by Crippen LogP contribution is -2.38. The molecule has 4 nitrogen and oxygen atoms in total. The summed E-state index contributed by atoms with van der Waals surface area (Å²) in [4.78, 5) is 7.84. The topological polar surface area (TPSA) is 33.1 Å². The largest absolute Gasteiger partial charge is 0.327 e. The van der Waals surface area contributed by atoms with Gasteiger partial charge in [-0.15, -0.1) is 0 Å². The van der Waals surface area contributed by atoms with E-state index in [9.17, 15) is 0 Å². The monoisotopic (exact) mass is 286 g/mol. The first-order chi connectivity index (χ1) is 10.4. The molecule has 0 radical (unpaired) electrons. The number of nitrogens with zero attached hydrogens (tertiary/aromatic N) is 3. The van der Waals surface area contributed by atoms with Gasteiger partial charge in [0.25, 0.3) is 0 Å². The minimum absolute atomic E-state index is 0.718. The zero-order valence-electron chi connectivity index (χ0n) is 12.9. The third-order valence-electron chi connectivity index (χ3n) is 6.05. The van der Waals surface area contributed by atoms with Gasteiger partial charge in [-0.05, 0) is 38.6 Å². The van der Waals surface area contributed by atoms with Crippen LogP contribution in [-0.4, -0.2) is 40.1 Å². The van der Waals surface area contributed by atoms with Gasteiger partial charge in [-0.2, -0.15) is 0 Å². The van der Waals surface area contributed by atoms with Crippen molar-refractivity contribution in [2.24, 2.45) is 0 Å². The van der Waals surface area contributed by atoms with Gasteiger partial charge in [-0.3, -0.25) is 4.90 Å². The number of fused-ring (bicyclic) bond motifs is 2. The first kappa shape index (κ1) is 12.7. The average Bonchev–Trinajstić information content (AvgIpc) is 3.18. The van der Waals surface area contributed by atoms with Crippen LogP contribution in [0, 0.1) is 0 Å². The molecule has 1 aromatic rings. The minimum Gasteiger partial charge on any atom is -0.327 e. The van der Waals surface area contributed by atoms with Gasteiger partial charge in [-0.1, -0.05) is 6.42 Å². The fraction of sp³-hybridized carbons (Fsp3) is 0.824. The van der Waals surface area contributed by atoms with Crippen molar-refractivity contribution in [1.82, 2.24) is 19.8 Å². The maximum atomic E-state index is 5.08. The third-order valence-corrected chi connectivity index (χ3v) is 6.05. The predicted molar refractivity (Wildman–Crippen MR) is 82.5 cm³/mol. The second-order valence-electron chi connectivity index (χ2n) is 7.39. The van der Waals surface area contributed by atoms with Crippen molar-refractivity contribution < 1.29 is 0 Å². The summed E-state index contributed by atoms with van der Waals surface area (Å²) in [6.07, 6.45) is 9.49. The van der Waals surface area contributed by atoms with Crippen LogP contribution in [-0.2, 0) is 13.0 Å². The highest BCUT2D eigenvalue weighted by Crippen LogP contribution is 2.45. The van der Waals surface area contributed by atoms with E-state index in [0.29, 0.717) is 0 Å². The summed E-state index contributed by atoms with van der Waals surface area (Å²) in [5.41, 5.74) is 2.94. The van der Waals surface area contributed by atoms with E-state index in [2.05, 4.69) is 14.8 Å². The molecule has 4 heterocycles. The van der Waals surface area contributed by atoms with E-state index in [4.69, 9.17) is 4.98 Å². The van der Waals surface area contributed by atoms with E-state index >= 15 is 0 Å². The van der Waals surface area contributed by atoms with Gasteiger partial charge < -0.3 is 9.88 Å². The van der Waals surface area contributed by atoms with Crippen molar-refractivity contribution >= 4 is 0 Å². The highest BCUT2D eigenvalue weighted by atomic mass is 15.3. The molecule has 2 saturated heterocycles. The Bertz CT molecular complexity index is 545. The van der Waals surface area contributed by atoms with E-state index in [-0.39, 0.29) is 0 Å². The Labute approximate surface area is 126 Å². The molecule has 0 aromatic carbocycles. The van der Waals surface area contributed by atoms with E-state index in [1.54, 1.807) is 5.69 Å². The van der Waals surface area contributed by atoms with Gasteiger partial charge in [0.1, 0.15) is 5.82 Å². The smallest absolute Gasteiger partial charge is 0.112 e. The molecule has 0 spiro atoms. The normalized spacial score (nSPS) is 33.0. The molecule has 1 aliphatic carbocycles. The van der Waals surface area contributed by atoms with Crippen molar-refractivity contribution in [3.63, 3.8) is 0 Å². The Kier molecular flexibility index (Phi) is 2.90. The summed E-state index contributed by atoms with van der Waals surface area (Å²) < 4.78 is 2.74. The first-order valence-corrected chi connectivity index (χ1v) is 8.96. The molecule has 2 unspecified atom stereocenters. The molecule has 3 aliphatic heterocycles. The summed E-state index contributed by atoms with van der Waals surface area (Å²) >= 11 is 0. The number of imidazole rings is 1. The molecule has 114 valence electrons. The lowest BCUT2D eigenvalue weighted by atomic mass is 9.98. The second-order valence-corrected chi connectivity index (χ2v) is 7.39. The van der Waals surface area contributed by atoms with Gasteiger partial charge in [0, 0.05) is 43.7 Å². The number of nitrogens with one attached hydrogen (secondary N) is 1. The van der Waals surface area contributed by atoms with Crippen molar-refractivity contribution in [3.8, 4) is 0 Å². The second kappa shape index (κ2) is 4.82. The third kappa shape index (κ3) is 1.99. The molecule has 3 fully saturated rings. The predicted octanol–water partition coefficient (Wildman–Crippen LogP) is 2.21. The lowest BCUT2D eigenvalue weighted by molar-refractivity contribution is 0.171. The molecular weight excluding hydrogens is 260 g/mol. The van der Waals surface area contributed by atoms with E-state index in [1.807, 2.05) is 0 Å². The number of piperidine rings is 1. The van der Waals surface area contributed by atoms with Gasteiger partial charge in [0.05, 0.1) is 11.7 Å². The highest BCUT2D eigenvalue weighted by Gasteiger charge is 2.41. The molecule has 5 rings (SSSR count). The Morgan fingerprint density at radius 1 is 1.00 bits per heavy atom. The first-order valence-electron chi connectivity index (χ1n) is 8.96. The molecule has 21 heavy (non-hydrogen) atoms. The van der Waals surface area contributed by atoms with Crippen molar-refractivity contribution in [2.75, 3.05) is 19.6 Å². The van der Waals surface area contributed by atoms with Gasteiger partial charge >= 0.3 is 0 Å². The van der Waals surface area contributed by atoms with Gasteiger partial charge in [-0.25, -0.2) is 4.98 Å². The SMILES string of the molecule is C1CCN2CCC(n3c(C4CC4)nc4c3CCNC4)C2C1. The zero-order valence-corrected chi connectivity index (χ0v) is 12.9. The fourth-order valence-electron chi connectivity index (χ4n) is 4.88. The van der Waals surface area contributed by atoms with Gasteiger partial charge in [0.15, 0.2) is 0 Å². The number of hydrogen-bond acceptors (Lipinski definition) is 3. The van der Waals surface area contributed by atoms with E-state index in [0.717, 1.165) is 31.1 Å². The summed E-state index contributed by atoms with van der Waals surface area (Å²) in [7, 11) is 0. The standard InChI is InChI=1S/C17H26N4/c1-2-9-20-10-7-16(15(20)3-1)21-14-6-8-18-11-13(14)19-17(21)12-4-5-12/h12,15-16,18H,1-11H2. The van der Waals surface area contributed by atoms with Crippen molar-refractivity contribution in [2.45, 2.75) is 69.5 Å². The highest BCUT2D eigenvalue weighted by molar-refractivity contribution is 5.26. The van der Waals surface area contributed by atoms with Crippen LogP contribution in [0.1, 0.15) is 67.7 Å². The Morgan fingerprint density at radius 3 is 2.86 bits per heavy atom. The van der Waals surface area contributed by atoms with Crippen LogP contribution < -0.4 is 5.32 Å². The van der Waals surface area contributed by atoms with Crippen LogP contribution in [0.3, 0.4) is 0 Å².